The van der Waals surface area contributed by atoms with Crippen LogP contribution in [0.3, 0.4) is 0 Å². The van der Waals surface area contributed by atoms with Crippen LogP contribution in [0.1, 0.15) is 86.3 Å². The van der Waals surface area contributed by atoms with Crippen molar-refractivity contribution >= 4 is 47.2 Å². The minimum absolute atomic E-state index is 0.137. The number of carbonyl (C=O) groups excluding carboxylic acids is 2. The molecule has 0 bridgehead atoms. The highest BCUT2D eigenvalue weighted by molar-refractivity contribution is 9.10. The van der Waals surface area contributed by atoms with E-state index in [0.717, 1.165) is 78.4 Å². The van der Waals surface area contributed by atoms with E-state index >= 15 is 0 Å². The van der Waals surface area contributed by atoms with Gasteiger partial charge in [0.05, 0.1) is 30.5 Å². The van der Waals surface area contributed by atoms with Gasteiger partial charge in [-0.1, -0.05) is 32.9 Å². The molecule has 0 saturated heterocycles. The molecule has 234 valence electrons. The minimum atomic E-state index is -1.74. The van der Waals surface area contributed by atoms with Crippen LogP contribution in [0, 0.1) is 0 Å². The van der Waals surface area contributed by atoms with E-state index in [4.69, 9.17) is 18.3 Å². The quantitative estimate of drug-likeness (QED) is 0.208. The van der Waals surface area contributed by atoms with E-state index in [2.05, 4.69) is 55.9 Å². The molecular formula is C34H45BrO7Si. The molecule has 1 N–H and O–H groups in total. The third-order valence-electron chi connectivity index (χ3n) is 9.34. The molecule has 1 aromatic heterocycles. The third kappa shape index (κ3) is 7.21. The molecule has 2 aromatic carbocycles. The predicted molar refractivity (Wildman–Crippen MR) is 174 cm³/mol. The van der Waals surface area contributed by atoms with Crippen molar-refractivity contribution in [3.05, 3.63) is 62.8 Å². The second kappa shape index (κ2) is 13.6. The van der Waals surface area contributed by atoms with E-state index in [1.807, 2.05) is 18.2 Å². The first-order chi connectivity index (χ1) is 20.3. The van der Waals surface area contributed by atoms with Crippen molar-refractivity contribution in [2.45, 2.75) is 95.7 Å². The Hall–Kier alpha value is -2.62. The number of methoxy groups -OCH3 is 2. The zero-order valence-electron chi connectivity index (χ0n) is 26.5. The summed E-state index contributed by atoms with van der Waals surface area (Å²) in [6.45, 7) is 12.0. The number of rotatable bonds is 6. The third-order valence-corrected chi connectivity index (χ3v) is 14.8. The zero-order chi connectivity index (χ0) is 31.5. The molecule has 2 unspecified atom stereocenters. The Labute approximate surface area is 264 Å². The van der Waals surface area contributed by atoms with Gasteiger partial charge in [-0.05, 0) is 113 Å². The van der Waals surface area contributed by atoms with Gasteiger partial charge in [0.1, 0.15) is 17.1 Å². The van der Waals surface area contributed by atoms with Crippen LogP contribution in [0.15, 0.2) is 39.2 Å². The molecule has 7 nitrogen and oxygen atoms in total. The monoisotopic (exact) mass is 672 g/mol. The van der Waals surface area contributed by atoms with E-state index in [1.54, 1.807) is 6.07 Å². The highest BCUT2D eigenvalue weighted by atomic mass is 79.9. The number of esters is 2. The molecule has 0 amide bonds. The molecule has 3 aromatic rings. The van der Waals surface area contributed by atoms with Gasteiger partial charge < -0.3 is 23.4 Å². The molecule has 1 heterocycles. The van der Waals surface area contributed by atoms with E-state index < -0.39 is 8.32 Å². The SMILES string of the molecule is COC(=O)C1CCCc2c1ccc(O)c2Br.COC(=O)C1CCCc2c1ccc1oc(CCO[Si](C)(C)C(C)(C)C)cc21. The van der Waals surface area contributed by atoms with Gasteiger partial charge in [0.25, 0.3) is 0 Å². The van der Waals surface area contributed by atoms with Crippen molar-refractivity contribution in [2.24, 2.45) is 0 Å². The number of hydrogen-bond donors (Lipinski definition) is 1. The molecule has 0 aliphatic heterocycles. The highest BCUT2D eigenvalue weighted by Gasteiger charge is 2.37. The number of halogens is 1. The van der Waals surface area contributed by atoms with Gasteiger partial charge in [-0.15, -0.1) is 0 Å². The largest absolute Gasteiger partial charge is 0.507 e. The van der Waals surface area contributed by atoms with Gasteiger partial charge in [0.15, 0.2) is 8.32 Å². The van der Waals surface area contributed by atoms with Gasteiger partial charge in [-0.2, -0.15) is 0 Å². The average molecular weight is 674 g/mol. The summed E-state index contributed by atoms with van der Waals surface area (Å²) in [5, 5.41) is 10.9. The predicted octanol–water partition coefficient (Wildman–Crippen LogP) is 8.34. The molecule has 43 heavy (non-hydrogen) atoms. The number of phenolic OH excluding ortho intramolecular Hbond substituents is 1. The average Bonchev–Trinajstić information content (AvgIpc) is 3.41. The van der Waals surface area contributed by atoms with Crippen LogP contribution in [0.4, 0.5) is 0 Å². The lowest BCUT2D eigenvalue weighted by atomic mass is 9.81. The van der Waals surface area contributed by atoms with Crippen LogP contribution in [0.5, 0.6) is 5.75 Å². The number of benzene rings is 2. The van der Waals surface area contributed by atoms with Crippen molar-refractivity contribution in [1.82, 2.24) is 0 Å². The number of ether oxygens (including phenoxy) is 2. The number of aromatic hydroxyl groups is 1. The molecule has 2 atom stereocenters. The van der Waals surface area contributed by atoms with Crippen LogP contribution < -0.4 is 0 Å². The highest BCUT2D eigenvalue weighted by Crippen LogP contribution is 2.41. The first-order valence-electron chi connectivity index (χ1n) is 15.1. The Morgan fingerprint density at radius 2 is 1.51 bits per heavy atom. The van der Waals surface area contributed by atoms with E-state index in [-0.39, 0.29) is 34.6 Å². The van der Waals surface area contributed by atoms with Crippen molar-refractivity contribution in [2.75, 3.05) is 20.8 Å². The molecular weight excluding hydrogens is 628 g/mol. The maximum absolute atomic E-state index is 12.1. The molecule has 0 fully saturated rings. The van der Waals surface area contributed by atoms with Crippen molar-refractivity contribution in [1.29, 1.82) is 0 Å². The Bertz CT molecular complexity index is 1470. The van der Waals surface area contributed by atoms with Gasteiger partial charge in [0, 0.05) is 18.4 Å². The van der Waals surface area contributed by atoms with Crippen LogP contribution in [-0.2, 0) is 42.8 Å². The van der Waals surface area contributed by atoms with Crippen LogP contribution >= 0.6 is 15.9 Å². The first kappa shape index (κ1) is 33.3. The summed E-state index contributed by atoms with van der Waals surface area (Å²) < 4.78 is 22.9. The fourth-order valence-electron chi connectivity index (χ4n) is 5.85. The topological polar surface area (TPSA) is 95.2 Å². The van der Waals surface area contributed by atoms with E-state index in [9.17, 15) is 14.7 Å². The van der Waals surface area contributed by atoms with E-state index in [0.29, 0.717) is 11.1 Å². The lowest BCUT2D eigenvalue weighted by Gasteiger charge is -2.36. The maximum atomic E-state index is 12.1. The standard InChI is InChI=1S/C22H32O4Si.C12H13BrO3/c1-22(2,3)27(5,6)25-13-12-15-14-19-16-8-7-9-18(21(23)24-4)17(16)10-11-20(19)26-15;1-16-12(15)9-4-2-3-8-7(9)5-6-10(14)11(8)13/h10-11,14,18H,7-9,12-13H2,1-6H3;5-6,9,14H,2-4H2,1H3. The number of furan rings is 1. The fraction of sp³-hybridized carbons (Fsp3) is 0.529. The number of aryl methyl sites for hydroxylation is 1. The van der Waals surface area contributed by atoms with Crippen molar-refractivity contribution in [3.8, 4) is 5.75 Å². The van der Waals surface area contributed by atoms with Gasteiger partial charge in [-0.25, -0.2) is 0 Å². The molecule has 5 rings (SSSR count). The summed E-state index contributed by atoms with van der Waals surface area (Å²) in [4.78, 5) is 23.8. The molecule has 0 radical (unpaired) electrons. The summed E-state index contributed by atoms with van der Waals surface area (Å²) in [7, 11) is 1.13. The molecule has 2 aliphatic rings. The number of phenols is 1. The second-order valence-electron chi connectivity index (χ2n) is 13.0. The normalized spacial score (nSPS) is 18.2. The van der Waals surface area contributed by atoms with Gasteiger partial charge in [-0.3, -0.25) is 9.59 Å². The Morgan fingerprint density at radius 1 is 0.953 bits per heavy atom. The second-order valence-corrected chi connectivity index (χ2v) is 18.6. The lowest BCUT2D eigenvalue weighted by Crippen LogP contribution is -2.41. The Balaban J connectivity index is 0.000000225. The maximum Gasteiger partial charge on any atom is 0.313 e. The van der Waals surface area contributed by atoms with Crippen LogP contribution in [-0.4, -0.2) is 46.2 Å². The summed E-state index contributed by atoms with van der Waals surface area (Å²) >= 11 is 3.36. The zero-order valence-corrected chi connectivity index (χ0v) is 29.1. The van der Waals surface area contributed by atoms with Gasteiger partial charge >= 0.3 is 11.9 Å². The van der Waals surface area contributed by atoms with Crippen LogP contribution in [0.25, 0.3) is 11.0 Å². The summed E-state index contributed by atoms with van der Waals surface area (Å²) in [6.07, 6.45) is 6.26. The van der Waals surface area contributed by atoms with Crippen molar-refractivity contribution in [3.63, 3.8) is 0 Å². The number of fused-ring (bicyclic) bond motifs is 4. The number of carbonyl (C=O) groups is 2. The molecule has 0 spiro atoms. The Kier molecular flexibility index (Phi) is 10.5. The van der Waals surface area contributed by atoms with Crippen LogP contribution in [0.2, 0.25) is 18.1 Å². The first-order valence-corrected chi connectivity index (χ1v) is 18.8. The fourth-order valence-corrected chi connectivity index (χ4v) is 7.45. The number of hydrogen-bond acceptors (Lipinski definition) is 7. The van der Waals surface area contributed by atoms with E-state index in [1.165, 1.54) is 19.8 Å². The summed E-state index contributed by atoms with van der Waals surface area (Å²) in [5.41, 5.74) is 5.26. The molecule has 0 saturated carbocycles. The summed E-state index contributed by atoms with van der Waals surface area (Å²) in [6, 6.07) is 9.61. The molecule has 2 aliphatic carbocycles. The van der Waals surface area contributed by atoms with Crippen molar-refractivity contribution < 1.29 is 33.0 Å². The lowest BCUT2D eigenvalue weighted by molar-refractivity contribution is -0.143. The summed E-state index contributed by atoms with van der Waals surface area (Å²) in [5.74, 6) is 0.510. The van der Waals surface area contributed by atoms with Gasteiger partial charge in [0.2, 0.25) is 0 Å². The minimum Gasteiger partial charge on any atom is -0.507 e. The molecule has 9 heteroatoms. The smallest absolute Gasteiger partial charge is 0.313 e. The Morgan fingerprint density at radius 3 is 2.09 bits per heavy atom.